The summed E-state index contributed by atoms with van der Waals surface area (Å²) in [5, 5.41) is 0. The van der Waals surface area contributed by atoms with Gasteiger partial charge in [-0.05, 0) is 43.6 Å². The number of imidazole rings is 1. The van der Waals surface area contributed by atoms with Gasteiger partial charge in [0.05, 0.1) is 16.6 Å². The summed E-state index contributed by atoms with van der Waals surface area (Å²) in [4.78, 5) is 17.9. The number of halogens is 1. The number of nitrogens with zero attached hydrogens (tertiary/aromatic N) is 2. The van der Waals surface area contributed by atoms with Gasteiger partial charge in [0.1, 0.15) is 5.69 Å². The van der Waals surface area contributed by atoms with Crippen molar-refractivity contribution in [3.63, 3.8) is 0 Å². The summed E-state index contributed by atoms with van der Waals surface area (Å²) in [6, 6.07) is 19.0. The van der Waals surface area contributed by atoms with Crippen molar-refractivity contribution >= 4 is 38.9 Å². The van der Waals surface area contributed by atoms with E-state index < -0.39 is 21.6 Å². The van der Waals surface area contributed by atoms with E-state index >= 15 is 0 Å². The molecule has 2 aromatic rings. The van der Waals surface area contributed by atoms with Crippen LogP contribution >= 0.6 is 23.1 Å². The summed E-state index contributed by atoms with van der Waals surface area (Å²) in [5.41, 5.74) is 2.47. The van der Waals surface area contributed by atoms with Crippen molar-refractivity contribution in [2.75, 3.05) is 22.9 Å². The van der Waals surface area contributed by atoms with Crippen LogP contribution in [0.2, 0.25) is 0 Å². The zero-order chi connectivity index (χ0) is 26.4. The number of hydrogen-bond acceptors (Lipinski definition) is 6. The lowest BCUT2D eigenvalue weighted by Crippen LogP contribution is -2.23. The second-order valence-corrected chi connectivity index (χ2v) is 13.2. The zero-order valence-electron chi connectivity index (χ0n) is 20.8. The number of rotatable bonds is 12. The average molecular weight is 560 g/mol. The molecule has 2 heterocycles. The van der Waals surface area contributed by atoms with Crippen LogP contribution in [0.3, 0.4) is 0 Å². The van der Waals surface area contributed by atoms with Crippen molar-refractivity contribution in [1.82, 2.24) is 9.55 Å². The van der Waals surface area contributed by atoms with Crippen LogP contribution in [-0.2, 0) is 10.0 Å². The van der Waals surface area contributed by atoms with Crippen LogP contribution in [0.5, 0.6) is 0 Å². The molecule has 0 unspecified atom stereocenters. The van der Waals surface area contributed by atoms with Crippen molar-refractivity contribution < 1.29 is 12.8 Å². The molecule has 0 atom stereocenters. The van der Waals surface area contributed by atoms with E-state index in [-0.39, 0.29) is 18.2 Å². The lowest BCUT2D eigenvalue weighted by Gasteiger charge is -2.19. The SMILES string of the molecule is Cc1sc(SCCCCCF)c2c(NS(=O)(=O)CC(c3ccccc3)c3ccccc3)nc(=O)n-2c1C. The predicted molar refractivity (Wildman–Crippen MR) is 151 cm³/mol. The standard InChI is InChI=1S/C27H30FN3O3S3/c1-19-20(2)36-26(35-17-11-5-10-16-28)24-25(29-27(32)31(19)24)30-37(33,34)18-23(21-12-6-3-7-13-21)22-14-8-4-9-15-22/h3-4,6-9,12-15,23H,5,10-11,16-18H2,1-2H3,(H,29,30,32). The van der Waals surface area contributed by atoms with Gasteiger partial charge in [-0.3, -0.25) is 13.7 Å². The van der Waals surface area contributed by atoms with Gasteiger partial charge < -0.3 is 0 Å². The smallest absolute Gasteiger partial charge is 0.265 e. The number of aryl methyl sites for hydroxylation is 1. The number of sulfonamides is 1. The molecule has 0 aromatic heterocycles. The Balaban J connectivity index is 1.66. The molecule has 0 saturated carbocycles. The van der Waals surface area contributed by atoms with Gasteiger partial charge in [-0.1, -0.05) is 67.1 Å². The van der Waals surface area contributed by atoms with Crippen molar-refractivity contribution in [3.8, 4) is 5.69 Å². The Kier molecular flexibility index (Phi) is 9.04. The fourth-order valence-electron chi connectivity index (χ4n) is 4.19. The monoisotopic (exact) mass is 559 g/mol. The Morgan fingerprint density at radius 3 is 2.22 bits per heavy atom. The van der Waals surface area contributed by atoms with E-state index in [1.54, 1.807) is 11.8 Å². The molecule has 1 N–H and O–H groups in total. The lowest BCUT2D eigenvalue weighted by atomic mass is 9.93. The van der Waals surface area contributed by atoms with Gasteiger partial charge in [-0.2, -0.15) is 4.98 Å². The van der Waals surface area contributed by atoms with E-state index in [4.69, 9.17) is 0 Å². The van der Waals surface area contributed by atoms with E-state index in [0.717, 1.165) is 44.5 Å². The first-order valence-corrected chi connectivity index (χ1v) is 15.6. The second-order valence-electron chi connectivity index (χ2n) is 8.81. The average Bonchev–Trinajstić information content (AvgIpc) is 3.21. The van der Waals surface area contributed by atoms with Crippen LogP contribution in [0.15, 0.2) is 69.7 Å². The van der Waals surface area contributed by atoms with Gasteiger partial charge in [0, 0.05) is 16.5 Å². The summed E-state index contributed by atoms with van der Waals surface area (Å²) in [5.74, 6) is 0.200. The fourth-order valence-corrected chi connectivity index (χ4v) is 8.05. The Morgan fingerprint density at radius 1 is 1.00 bits per heavy atom. The van der Waals surface area contributed by atoms with E-state index in [0.29, 0.717) is 12.1 Å². The maximum absolute atomic E-state index is 13.5. The van der Waals surface area contributed by atoms with Crippen LogP contribution in [0.4, 0.5) is 10.2 Å². The quantitative estimate of drug-likeness (QED) is 0.166. The predicted octanol–water partition coefficient (Wildman–Crippen LogP) is 6.15. The van der Waals surface area contributed by atoms with Crippen molar-refractivity contribution in [3.05, 3.63) is 92.8 Å². The molecule has 10 heteroatoms. The Bertz CT molecular complexity index is 1420. The molecule has 0 amide bonds. The zero-order valence-corrected chi connectivity index (χ0v) is 23.3. The molecule has 6 nitrogen and oxygen atoms in total. The number of hydrogen-bond donors (Lipinski definition) is 1. The molecule has 0 radical (unpaired) electrons. The number of aromatic nitrogens is 2. The van der Waals surface area contributed by atoms with Crippen LogP contribution in [0, 0.1) is 13.8 Å². The molecule has 196 valence electrons. The number of thioether (sulfide) groups is 1. The summed E-state index contributed by atoms with van der Waals surface area (Å²) in [6.07, 6.45) is 2.13. The molecule has 2 aliphatic heterocycles. The first-order valence-electron chi connectivity index (χ1n) is 12.1. The van der Waals surface area contributed by atoms with E-state index in [1.165, 1.54) is 15.9 Å². The molecule has 37 heavy (non-hydrogen) atoms. The largest absolute Gasteiger partial charge is 0.354 e. The summed E-state index contributed by atoms with van der Waals surface area (Å²) < 4.78 is 44.4. The minimum absolute atomic E-state index is 0.0514. The minimum Gasteiger partial charge on any atom is -0.265 e. The molecule has 0 saturated heterocycles. The van der Waals surface area contributed by atoms with E-state index in [9.17, 15) is 17.6 Å². The van der Waals surface area contributed by atoms with Crippen LogP contribution in [-0.4, -0.2) is 36.1 Å². The van der Waals surface area contributed by atoms with Crippen LogP contribution in [0.1, 0.15) is 46.9 Å². The first kappa shape index (κ1) is 27.3. The summed E-state index contributed by atoms with van der Waals surface area (Å²) in [7, 11) is -3.89. The third kappa shape index (κ3) is 6.61. The maximum Gasteiger partial charge on any atom is 0.354 e. The highest BCUT2D eigenvalue weighted by Crippen LogP contribution is 2.39. The number of benzene rings is 2. The lowest BCUT2D eigenvalue weighted by molar-refractivity contribution is 0.460. The molecule has 2 aromatic carbocycles. The Labute approximate surface area is 225 Å². The molecule has 4 rings (SSSR count). The fraction of sp³-hybridized carbons (Fsp3) is 0.333. The Morgan fingerprint density at radius 2 is 1.62 bits per heavy atom. The van der Waals surface area contributed by atoms with E-state index in [1.807, 2.05) is 74.5 Å². The number of unbranched alkanes of at least 4 members (excludes halogenated alkanes) is 2. The molecule has 0 aliphatic carbocycles. The normalized spacial score (nSPS) is 11.9. The number of anilines is 1. The minimum atomic E-state index is -3.89. The number of alkyl halides is 1. The number of fused-ring (bicyclic) bond motifs is 1. The Hall–Kier alpha value is -2.69. The third-order valence-electron chi connectivity index (χ3n) is 6.18. The van der Waals surface area contributed by atoms with E-state index in [2.05, 4.69) is 9.71 Å². The highest BCUT2D eigenvalue weighted by Gasteiger charge is 2.28. The van der Waals surface area contributed by atoms with Crippen molar-refractivity contribution in [1.29, 1.82) is 0 Å². The summed E-state index contributed by atoms with van der Waals surface area (Å²) >= 11 is 3.06. The molecule has 2 aliphatic rings. The van der Waals surface area contributed by atoms with Gasteiger partial charge in [0.15, 0.2) is 5.82 Å². The summed E-state index contributed by atoms with van der Waals surface area (Å²) in [6.45, 7) is 3.43. The highest BCUT2D eigenvalue weighted by molar-refractivity contribution is 8.01. The first-order chi connectivity index (χ1) is 17.8. The van der Waals surface area contributed by atoms with Gasteiger partial charge >= 0.3 is 5.69 Å². The number of nitrogens with one attached hydrogen (secondary N) is 1. The van der Waals surface area contributed by atoms with Gasteiger partial charge in [0.2, 0.25) is 10.0 Å². The third-order valence-corrected chi connectivity index (χ3v) is 9.99. The van der Waals surface area contributed by atoms with Crippen LogP contribution in [0.25, 0.3) is 5.69 Å². The highest BCUT2D eigenvalue weighted by atomic mass is 32.2. The van der Waals surface area contributed by atoms with Crippen LogP contribution < -0.4 is 10.4 Å². The van der Waals surface area contributed by atoms with Crippen molar-refractivity contribution in [2.24, 2.45) is 0 Å². The molecular formula is C27H30FN3O3S3. The second kappa shape index (κ2) is 12.2. The van der Waals surface area contributed by atoms with Gasteiger partial charge in [0.25, 0.3) is 0 Å². The molecule has 0 spiro atoms. The van der Waals surface area contributed by atoms with Gasteiger partial charge in [-0.15, -0.1) is 23.1 Å². The molecule has 0 bridgehead atoms. The molecule has 0 fully saturated rings. The maximum atomic E-state index is 13.5. The van der Waals surface area contributed by atoms with Crippen molar-refractivity contribution in [2.45, 2.75) is 43.2 Å². The molecular weight excluding hydrogens is 530 g/mol. The topological polar surface area (TPSA) is 81.1 Å². The van der Waals surface area contributed by atoms with Gasteiger partial charge in [-0.25, -0.2) is 13.2 Å².